The van der Waals surface area contributed by atoms with Crippen LogP contribution in [0.3, 0.4) is 0 Å². The Morgan fingerprint density at radius 3 is 2.48 bits per heavy atom. The van der Waals surface area contributed by atoms with Crippen molar-refractivity contribution < 1.29 is 18.1 Å². The lowest BCUT2D eigenvalue weighted by Gasteiger charge is -2.31. The highest BCUT2D eigenvalue weighted by Crippen LogP contribution is 2.33. The first-order valence-corrected chi connectivity index (χ1v) is 9.72. The fourth-order valence-corrected chi connectivity index (χ4v) is 4.50. The Labute approximate surface area is 147 Å². The van der Waals surface area contributed by atoms with Crippen molar-refractivity contribution in [2.24, 2.45) is 5.92 Å². The molecule has 9 heteroatoms. The minimum Gasteiger partial charge on any atom is -0.365 e. The molecule has 0 aliphatic carbocycles. The number of carbonyl (C=O) groups is 1. The summed E-state index contributed by atoms with van der Waals surface area (Å²) in [6, 6.07) is 3.98. The average Bonchev–Trinajstić information content (AvgIpc) is 2.57. The maximum absolute atomic E-state index is 12.6. The van der Waals surface area contributed by atoms with Gasteiger partial charge in [0.15, 0.2) is 0 Å². The fraction of sp³-hybridized carbons (Fsp3) is 0.562. The Hall–Kier alpha value is -2.00. The van der Waals surface area contributed by atoms with Crippen LogP contribution in [0.5, 0.6) is 0 Å². The average molecular weight is 369 g/mol. The van der Waals surface area contributed by atoms with Crippen LogP contribution in [0.4, 0.5) is 11.4 Å². The van der Waals surface area contributed by atoms with Gasteiger partial charge in [0.1, 0.15) is 11.5 Å². The van der Waals surface area contributed by atoms with Crippen LogP contribution >= 0.6 is 0 Å². The minimum absolute atomic E-state index is 0.0900. The topological polar surface area (TPSA) is 101 Å². The van der Waals surface area contributed by atoms with Crippen LogP contribution in [0.25, 0.3) is 0 Å². The number of sulfonamides is 1. The molecule has 1 saturated heterocycles. The summed E-state index contributed by atoms with van der Waals surface area (Å²) in [7, 11) is -3.77. The first-order valence-electron chi connectivity index (χ1n) is 8.28. The minimum atomic E-state index is -3.77. The molecular formula is C16H23N3O5S. The van der Waals surface area contributed by atoms with E-state index in [1.54, 1.807) is 25.7 Å². The lowest BCUT2D eigenvalue weighted by atomic mass is 9.98. The molecule has 0 spiro atoms. The lowest BCUT2D eigenvalue weighted by Crippen LogP contribution is -2.40. The van der Waals surface area contributed by atoms with Gasteiger partial charge in [0.05, 0.1) is 9.82 Å². The number of Topliss-reactive ketones (excluding diaryl/α,β-unsaturated/α-hetero) is 1. The third-order valence-corrected chi connectivity index (χ3v) is 6.55. The summed E-state index contributed by atoms with van der Waals surface area (Å²) < 4.78 is 26.5. The van der Waals surface area contributed by atoms with Crippen molar-refractivity contribution in [3.63, 3.8) is 0 Å². The van der Waals surface area contributed by atoms with E-state index in [4.69, 9.17) is 0 Å². The molecule has 1 aliphatic heterocycles. The molecule has 1 fully saturated rings. The summed E-state index contributed by atoms with van der Waals surface area (Å²) >= 11 is 0. The molecule has 0 bridgehead atoms. The van der Waals surface area contributed by atoms with Gasteiger partial charge < -0.3 is 4.90 Å². The van der Waals surface area contributed by atoms with Crippen LogP contribution in [0, 0.1) is 16.0 Å². The van der Waals surface area contributed by atoms with E-state index in [-0.39, 0.29) is 22.3 Å². The number of nitrogens with zero attached hydrogens (tertiary/aromatic N) is 3. The van der Waals surface area contributed by atoms with Gasteiger partial charge in [-0.05, 0) is 12.1 Å². The SMILES string of the molecule is CCN(CC)S(=O)(=O)c1ccc(N2CCC(=O)C(C)C2)c([N+](=O)[O-])c1. The van der Waals surface area contributed by atoms with Crippen LogP contribution in [0.15, 0.2) is 23.1 Å². The zero-order valence-corrected chi connectivity index (χ0v) is 15.5. The molecule has 2 rings (SSSR count). The number of carbonyl (C=O) groups excluding carboxylic acids is 1. The monoisotopic (exact) mass is 369 g/mol. The van der Waals surface area contributed by atoms with Crippen molar-refractivity contribution in [1.29, 1.82) is 0 Å². The van der Waals surface area contributed by atoms with E-state index >= 15 is 0 Å². The number of benzene rings is 1. The van der Waals surface area contributed by atoms with Crippen molar-refractivity contribution in [3.05, 3.63) is 28.3 Å². The Balaban J connectivity index is 2.45. The number of nitro groups is 1. The highest BCUT2D eigenvalue weighted by molar-refractivity contribution is 7.89. The predicted octanol–water partition coefficient (Wildman–Crippen LogP) is 2.04. The molecule has 0 aromatic heterocycles. The Kier molecular flexibility index (Phi) is 5.79. The Morgan fingerprint density at radius 2 is 1.96 bits per heavy atom. The maximum atomic E-state index is 12.6. The molecule has 0 radical (unpaired) electrons. The number of piperidine rings is 1. The number of rotatable bonds is 6. The van der Waals surface area contributed by atoms with E-state index in [1.807, 2.05) is 0 Å². The van der Waals surface area contributed by atoms with Gasteiger partial charge in [0.25, 0.3) is 5.69 Å². The molecule has 1 aliphatic rings. The molecule has 0 amide bonds. The molecule has 1 aromatic rings. The van der Waals surface area contributed by atoms with Gasteiger partial charge in [-0.2, -0.15) is 4.31 Å². The van der Waals surface area contributed by atoms with Gasteiger partial charge in [0.2, 0.25) is 10.0 Å². The van der Waals surface area contributed by atoms with Gasteiger partial charge >= 0.3 is 0 Å². The molecule has 0 N–H and O–H groups in total. The van der Waals surface area contributed by atoms with Crippen LogP contribution in [0.1, 0.15) is 27.2 Å². The van der Waals surface area contributed by atoms with E-state index in [0.717, 1.165) is 6.07 Å². The maximum Gasteiger partial charge on any atom is 0.293 e. The van der Waals surface area contributed by atoms with E-state index < -0.39 is 14.9 Å². The van der Waals surface area contributed by atoms with Crippen molar-refractivity contribution in [2.75, 3.05) is 31.1 Å². The predicted molar refractivity (Wildman–Crippen MR) is 94.2 cm³/mol. The molecular weight excluding hydrogens is 346 g/mol. The second kappa shape index (κ2) is 7.49. The van der Waals surface area contributed by atoms with Crippen molar-refractivity contribution in [1.82, 2.24) is 4.31 Å². The summed E-state index contributed by atoms with van der Waals surface area (Å²) in [5.41, 5.74) is 0.0950. The zero-order valence-electron chi connectivity index (χ0n) is 14.6. The van der Waals surface area contributed by atoms with E-state index in [0.29, 0.717) is 38.3 Å². The lowest BCUT2D eigenvalue weighted by molar-refractivity contribution is -0.384. The third-order valence-electron chi connectivity index (χ3n) is 4.50. The van der Waals surface area contributed by atoms with Gasteiger partial charge in [-0.15, -0.1) is 0 Å². The number of hydrogen-bond donors (Lipinski definition) is 0. The van der Waals surface area contributed by atoms with Crippen LogP contribution in [-0.2, 0) is 14.8 Å². The second-order valence-corrected chi connectivity index (χ2v) is 8.00. The summed E-state index contributed by atoms with van der Waals surface area (Å²) in [5.74, 6) is -0.0629. The first kappa shape index (κ1) is 19.3. The highest BCUT2D eigenvalue weighted by Gasteiger charge is 2.30. The molecule has 0 saturated carbocycles. The normalized spacial score (nSPS) is 18.6. The van der Waals surface area contributed by atoms with E-state index in [9.17, 15) is 23.3 Å². The number of hydrogen-bond acceptors (Lipinski definition) is 6. The fourth-order valence-electron chi connectivity index (χ4n) is 3.02. The van der Waals surface area contributed by atoms with E-state index in [2.05, 4.69) is 0 Å². The third kappa shape index (κ3) is 3.82. The quantitative estimate of drug-likeness (QED) is 0.562. The molecule has 1 atom stereocenters. The van der Waals surface area contributed by atoms with Gasteiger partial charge in [-0.25, -0.2) is 8.42 Å². The largest absolute Gasteiger partial charge is 0.365 e. The van der Waals surface area contributed by atoms with Crippen LogP contribution in [-0.4, -0.2) is 49.6 Å². The number of anilines is 1. The number of nitro benzene ring substituents is 1. The zero-order chi connectivity index (χ0) is 18.8. The van der Waals surface area contributed by atoms with Crippen LogP contribution in [0.2, 0.25) is 0 Å². The molecule has 1 aromatic carbocycles. The molecule has 8 nitrogen and oxygen atoms in total. The molecule has 138 valence electrons. The molecule has 25 heavy (non-hydrogen) atoms. The standard InChI is InChI=1S/C16H23N3O5S/c1-4-18(5-2)25(23,24)13-6-7-14(15(10-13)19(21)22)17-9-8-16(20)12(3)11-17/h6-7,10,12H,4-5,8-9,11H2,1-3H3. The Morgan fingerprint density at radius 1 is 1.32 bits per heavy atom. The second-order valence-electron chi connectivity index (χ2n) is 6.06. The van der Waals surface area contributed by atoms with Crippen molar-refractivity contribution in [2.45, 2.75) is 32.1 Å². The van der Waals surface area contributed by atoms with Crippen LogP contribution < -0.4 is 4.90 Å². The molecule has 1 unspecified atom stereocenters. The van der Waals surface area contributed by atoms with Crippen molar-refractivity contribution >= 4 is 27.2 Å². The number of ketones is 1. The van der Waals surface area contributed by atoms with E-state index in [1.165, 1.54) is 16.4 Å². The highest BCUT2D eigenvalue weighted by atomic mass is 32.2. The Bertz CT molecular complexity index is 774. The van der Waals surface area contributed by atoms with Gasteiger partial charge in [-0.1, -0.05) is 20.8 Å². The summed E-state index contributed by atoms with van der Waals surface area (Å²) in [6.45, 7) is 6.60. The van der Waals surface area contributed by atoms with Crippen molar-refractivity contribution in [3.8, 4) is 0 Å². The molecule has 1 heterocycles. The van der Waals surface area contributed by atoms with Gasteiger partial charge in [0, 0.05) is 44.6 Å². The smallest absolute Gasteiger partial charge is 0.293 e. The summed E-state index contributed by atoms with van der Waals surface area (Å²) in [5, 5.41) is 11.5. The summed E-state index contributed by atoms with van der Waals surface area (Å²) in [4.78, 5) is 24.3. The first-order chi connectivity index (χ1) is 11.7. The van der Waals surface area contributed by atoms with Gasteiger partial charge in [-0.3, -0.25) is 14.9 Å². The summed E-state index contributed by atoms with van der Waals surface area (Å²) in [6.07, 6.45) is 0.331.